The molecule has 2 rings (SSSR count). The summed E-state index contributed by atoms with van der Waals surface area (Å²) in [5.41, 5.74) is 7.55. The first kappa shape index (κ1) is 14.6. The highest BCUT2D eigenvalue weighted by Crippen LogP contribution is 2.31. The Balaban J connectivity index is 2.13. The molecule has 1 aliphatic carbocycles. The molecule has 3 unspecified atom stereocenters. The topological polar surface area (TPSA) is 55.1 Å². The number of primary amides is 1. The molecule has 0 saturated heterocycles. The van der Waals surface area contributed by atoms with Gasteiger partial charge in [-0.15, -0.1) is 0 Å². The first-order valence-corrected chi connectivity index (χ1v) is 6.94. The molecule has 0 heterocycles. The average Bonchev–Trinajstić information content (AvgIpc) is 2.36. The second kappa shape index (κ2) is 6.07. The Morgan fingerprint density at radius 2 is 2.05 bits per heavy atom. The number of carbonyl (C=O) groups is 1. The highest BCUT2D eigenvalue weighted by molar-refractivity contribution is 5.83. The Morgan fingerprint density at radius 1 is 1.40 bits per heavy atom. The molecule has 0 fully saturated rings. The van der Waals surface area contributed by atoms with E-state index in [4.69, 9.17) is 5.73 Å². The molecule has 4 heteroatoms. The monoisotopic (exact) mass is 276 g/mol. The molecule has 0 aromatic heterocycles. The lowest BCUT2D eigenvalue weighted by Crippen LogP contribution is -2.43. The first-order chi connectivity index (χ1) is 9.45. The minimum atomic E-state index is -0.424. The van der Waals surface area contributed by atoms with Crippen LogP contribution in [0.15, 0.2) is 35.9 Å². The molecular formula is C16H21FN2O. The number of rotatable bonds is 4. The van der Waals surface area contributed by atoms with Crippen molar-refractivity contribution in [2.45, 2.75) is 32.7 Å². The van der Waals surface area contributed by atoms with Crippen molar-refractivity contribution in [3.05, 3.63) is 41.7 Å². The summed E-state index contributed by atoms with van der Waals surface area (Å²) >= 11 is 0. The Bertz CT molecular complexity index is 510. The van der Waals surface area contributed by atoms with Gasteiger partial charge < -0.3 is 11.1 Å². The molecule has 0 bridgehead atoms. The van der Waals surface area contributed by atoms with Crippen molar-refractivity contribution < 1.29 is 9.18 Å². The van der Waals surface area contributed by atoms with E-state index in [1.165, 1.54) is 17.7 Å². The number of nitrogens with one attached hydrogen (secondary N) is 1. The Labute approximate surface area is 119 Å². The van der Waals surface area contributed by atoms with E-state index in [1.807, 2.05) is 0 Å². The minimum Gasteiger partial charge on any atom is -0.373 e. The van der Waals surface area contributed by atoms with Gasteiger partial charge in [-0.1, -0.05) is 18.6 Å². The van der Waals surface area contributed by atoms with Crippen LogP contribution in [0.3, 0.4) is 0 Å². The van der Waals surface area contributed by atoms with Gasteiger partial charge >= 0.3 is 0 Å². The maximum atomic E-state index is 12.9. The lowest BCUT2D eigenvalue weighted by molar-refractivity contribution is -0.119. The summed E-state index contributed by atoms with van der Waals surface area (Å²) in [5.74, 6) is -0.0272. The van der Waals surface area contributed by atoms with Gasteiger partial charge in [0.05, 0.1) is 0 Å². The van der Waals surface area contributed by atoms with Gasteiger partial charge in [-0.2, -0.15) is 0 Å². The number of hydrogen-bond acceptors (Lipinski definition) is 2. The molecule has 108 valence electrons. The van der Waals surface area contributed by atoms with Crippen LogP contribution >= 0.6 is 0 Å². The average molecular weight is 276 g/mol. The summed E-state index contributed by atoms with van der Waals surface area (Å²) in [6.45, 7) is 4.23. The van der Waals surface area contributed by atoms with Crippen molar-refractivity contribution in [2.75, 3.05) is 5.32 Å². The molecule has 1 aromatic carbocycles. The number of amides is 1. The van der Waals surface area contributed by atoms with Crippen molar-refractivity contribution in [1.82, 2.24) is 0 Å². The number of hydrogen-bond donors (Lipinski definition) is 2. The Morgan fingerprint density at radius 3 is 2.60 bits per heavy atom. The second-order valence-electron chi connectivity index (χ2n) is 5.72. The Kier molecular flexibility index (Phi) is 4.42. The summed E-state index contributed by atoms with van der Waals surface area (Å²) in [6, 6.07) is 5.57. The Hall–Kier alpha value is -1.84. The van der Waals surface area contributed by atoms with Crippen LogP contribution in [0.1, 0.15) is 26.7 Å². The molecular weight excluding hydrogens is 255 g/mol. The zero-order valence-corrected chi connectivity index (χ0v) is 11.9. The third kappa shape index (κ3) is 3.59. The number of allylic oxidation sites excluding steroid dienone is 2. The number of halogens is 1. The van der Waals surface area contributed by atoms with Crippen molar-refractivity contribution in [3.63, 3.8) is 0 Å². The number of nitrogens with two attached hydrogens (primary N) is 1. The molecule has 0 aliphatic heterocycles. The lowest BCUT2D eigenvalue weighted by Gasteiger charge is -2.31. The van der Waals surface area contributed by atoms with Crippen LogP contribution in [0, 0.1) is 17.7 Å². The molecule has 3 nitrogen and oxygen atoms in total. The number of carbonyl (C=O) groups excluding carboxylic acids is 1. The minimum absolute atomic E-state index is 0.178. The zero-order valence-electron chi connectivity index (χ0n) is 11.9. The van der Waals surface area contributed by atoms with Crippen LogP contribution in [0.5, 0.6) is 0 Å². The van der Waals surface area contributed by atoms with E-state index in [0.717, 1.165) is 18.5 Å². The van der Waals surface area contributed by atoms with E-state index in [0.29, 0.717) is 5.92 Å². The largest absolute Gasteiger partial charge is 0.373 e. The fraction of sp³-hybridized carbons (Fsp3) is 0.438. The summed E-state index contributed by atoms with van der Waals surface area (Å²) in [6.07, 6.45) is 4.04. The van der Waals surface area contributed by atoms with E-state index in [-0.39, 0.29) is 17.6 Å². The zero-order chi connectivity index (χ0) is 14.7. The summed E-state index contributed by atoms with van der Waals surface area (Å²) in [7, 11) is 0. The molecule has 1 aliphatic rings. The first-order valence-electron chi connectivity index (χ1n) is 6.94. The van der Waals surface area contributed by atoms with E-state index >= 15 is 0 Å². The molecule has 20 heavy (non-hydrogen) atoms. The maximum absolute atomic E-state index is 12.9. The second-order valence-corrected chi connectivity index (χ2v) is 5.72. The third-order valence-corrected chi connectivity index (χ3v) is 3.77. The van der Waals surface area contributed by atoms with Crippen LogP contribution in [-0.4, -0.2) is 11.9 Å². The molecule has 0 saturated carbocycles. The van der Waals surface area contributed by atoms with Gasteiger partial charge in [0.1, 0.15) is 11.9 Å². The van der Waals surface area contributed by atoms with Gasteiger partial charge in [0.15, 0.2) is 0 Å². The standard InChI is InChI=1S/C16H21FN2O/c1-10-7-11(2)9-12(8-10)15(16(18)20)19-14-5-3-13(17)4-6-14/h3-7,10,12,15,19H,8-9H2,1-2H3,(H2,18,20). The van der Waals surface area contributed by atoms with E-state index in [9.17, 15) is 9.18 Å². The van der Waals surface area contributed by atoms with Crippen LogP contribution in [-0.2, 0) is 4.79 Å². The van der Waals surface area contributed by atoms with E-state index in [2.05, 4.69) is 25.2 Å². The predicted molar refractivity (Wildman–Crippen MR) is 78.7 cm³/mol. The van der Waals surface area contributed by atoms with Gasteiger partial charge in [0.25, 0.3) is 0 Å². The van der Waals surface area contributed by atoms with E-state index in [1.54, 1.807) is 12.1 Å². The molecule has 0 spiro atoms. The fourth-order valence-electron chi connectivity index (χ4n) is 3.00. The predicted octanol–water partition coefficient (Wildman–Crippen LogP) is 3.08. The quantitative estimate of drug-likeness (QED) is 0.830. The summed E-state index contributed by atoms with van der Waals surface area (Å²) in [4.78, 5) is 11.7. The normalized spacial score (nSPS) is 23.9. The molecule has 1 aromatic rings. The fourth-order valence-corrected chi connectivity index (χ4v) is 3.00. The number of anilines is 1. The van der Waals surface area contributed by atoms with Crippen molar-refractivity contribution in [1.29, 1.82) is 0 Å². The van der Waals surface area contributed by atoms with E-state index < -0.39 is 6.04 Å². The van der Waals surface area contributed by atoms with Gasteiger partial charge in [-0.3, -0.25) is 4.79 Å². The SMILES string of the molecule is CC1=CC(C)CC(C(Nc2ccc(F)cc2)C(N)=O)C1. The van der Waals surface area contributed by atoms with Crippen molar-refractivity contribution >= 4 is 11.6 Å². The van der Waals surface area contributed by atoms with Crippen molar-refractivity contribution in [2.24, 2.45) is 17.6 Å². The van der Waals surface area contributed by atoms with Gasteiger partial charge in [0.2, 0.25) is 5.91 Å². The molecule has 3 atom stereocenters. The van der Waals surface area contributed by atoms with Gasteiger partial charge in [0, 0.05) is 5.69 Å². The third-order valence-electron chi connectivity index (χ3n) is 3.77. The van der Waals surface area contributed by atoms with Gasteiger partial charge in [-0.25, -0.2) is 4.39 Å². The van der Waals surface area contributed by atoms with Crippen LogP contribution < -0.4 is 11.1 Å². The van der Waals surface area contributed by atoms with Crippen LogP contribution in [0.25, 0.3) is 0 Å². The highest BCUT2D eigenvalue weighted by Gasteiger charge is 2.30. The molecule has 3 N–H and O–H groups in total. The summed E-state index contributed by atoms with van der Waals surface area (Å²) in [5, 5.41) is 3.15. The number of benzene rings is 1. The van der Waals surface area contributed by atoms with Crippen LogP contribution in [0.2, 0.25) is 0 Å². The molecule has 1 amide bonds. The summed E-state index contributed by atoms with van der Waals surface area (Å²) < 4.78 is 12.9. The smallest absolute Gasteiger partial charge is 0.240 e. The maximum Gasteiger partial charge on any atom is 0.240 e. The van der Waals surface area contributed by atoms with Crippen molar-refractivity contribution in [3.8, 4) is 0 Å². The van der Waals surface area contributed by atoms with Gasteiger partial charge in [-0.05, 0) is 55.9 Å². The highest BCUT2D eigenvalue weighted by atomic mass is 19.1. The molecule has 0 radical (unpaired) electrons. The van der Waals surface area contributed by atoms with Crippen LogP contribution in [0.4, 0.5) is 10.1 Å². The lowest BCUT2D eigenvalue weighted by atomic mass is 9.79.